The molecule has 124 valence electrons. The molecule has 2 aliphatic heterocycles. The van der Waals surface area contributed by atoms with Crippen LogP contribution in [0.15, 0.2) is 0 Å². The van der Waals surface area contributed by atoms with Crippen molar-refractivity contribution in [1.82, 2.24) is 10.2 Å². The van der Waals surface area contributed by atoms with E-state index in [0.29, 0.717) is 18.1 Å². The largest absolute Gasteiger partial charge is 0.381 e. The second kappa shape index (κ2) is 6.53. The maximum atomic E-state index is 6.38. The van der Waals surface area contributed by atoms with E-state index in [1.807, 2.05) is 7.11 Å². The van der Waals surface area contributed by atoms with Gasteiger partial charge in [0.25, 0.3) is 0 Å². The van der Waals surface area contributed by atoms with Crippen molar-refractivity contribution >= 4 is 0 Å². The Bertz CT molecular complexity index is 336. The van der Waals surface area contributed by atoms with Gasteiger partial charge >= 0.3 is 0 Å². The van der Waals surface area contributed by atoms with Crippen LogP contribution < -0.4 is 5.32 Å². The monoisotopic (exact) mass is 298 g/mol. The summed E-state index contributed by atoms with van der Waals surface area (Å²) in [4.78, 5) is 2.59. The number of nitrogens with one attached hydrogen (secondary N) is 1. The minimum atomic E-state index is -0.102. The normalized spacial score (nSPS) is 33.4. The van der Waals surface area contributed by atoms with Gasteiger partial charge in [-0.15, -0.1) is 0 Å². The van der Waals surface area contributed by atoms with Crippen molar-refractivity contribution in [1.29, 1.82) is 0 Å². The number of hydrogen-bond acceptors (Lipinski definition) is 4. The average Bonchev–Trinajstić information content (AvgIpc) is 2.58. The van der Waals surface area contributed by atoms with Crippen LogP contribution in [0, 0.1) is 5.92 Å². The molecule has 0 aromatic heterocycles. The summed E-state index contributed by atoms with van der Waals surface area (Å²) in [6.07, 6.45) is 2.76. The Hall–Kier alpha value is -0.160. The van der Waals surface area contributed by atoms with Crippen molar-refractivity contribution in [3.05, 3.63) is 0 Å². The lowest BCUT2D eigenvalue weighted by Gasteiger charge is -2.37. The van der Waals surface area contributed by atoms with Crippen molar-refractivity contribution in [2.75, 3.05) is 33.3 Å². The molecule has 0 saturated carbocycles. The highest BCUT2D eigenvalue weighted by Gasteiger charge is 2.53. The molecule has 0 aromatic carbocycles. The van der Waals surface area contributed by atoms with Gasteiger partial charge in [-0.25, -0.2) is 0 Å². The third-order valence-corrected chi connectivity index (χ3v) is 5.32. The lowest BCUT2D eigenvalue weighted by atomic mass is 9.81. The fraction of sp³-hybridized carbons (Fsp3) is 1.00. The molecule has 2 heterocycles. The highest BCUT2D eigenvalue weighted by molar-refractivity contribution is 5.06. The maximum Gasteiger partial charge on any atom is 0.0790 e. The van der Waals surface area contributed by atoms with Gasteiger partial charge in [-0.1, -0.05) is 6.92 Å². The lowest BCUT2D eigenvalue weighted by molar-refractivity contribution is -0.0804. The first-order chi connectivity index (χ1) is 9.80. The van der Waals surface area contributed by atoms with E-state index < -0.39 is 0 Å². The van der Waals surface area contributed by atoms with Crippen LogP contribution in [0.3, 0.4) is 0 Å². The second-order valence-electron chi connectivity index (χ2n) is 7.69. The molecule has 2 rings (SSSR count). The zero-order valence-corrected chi connectivity index (χ0v) is 14.7. The van der Waals surface area contributed by atoms with Crippen molar-refractivity contribution in [2.24, 2.45) is 5.92 Å². The summed E-state index contributed by atoms with van der Waals surface area (Å²) in [5.41, 5.74) is -0.177. The predicted octanol–water partition coefficient (Wildman–Crippen LogP) is 2.28. The number of likely N-dealkylation sites (N-methyl/N-ethyl adjacent to an activating group) is 1. The first-order valence-electron chi connectivity index (χ1n) is 8.49. The van der Waals surface area contributed by atoms with Crippen LogP contribution in [0.4, 0.5) is 0 Å². The summed E-state index contributed by atoms with van der Waals surface area (Å²) < 4.78 is 11.9. The van der Waals surface area contributed by atoms with E-state index in [2.05, 4.69) is 44.8 Å². The summed E-state index contributed by atoms with van der Waals surface area (Å²) in [5, 5.41) is 3.67. The second-order valence-corrected chi connectivity index (χ2v) is 7.69. The van der Waals surface area contributed by atoms with Gasteiger partial charge in [-0.2, -0.15) is 0 Å². The zero-order chi connectivity index (χ0) is 15.7. The molecule has 2 unspecified atom stereocenters. The summed E-state index contributed by atoms with van der Waals surface area (Å²) in [6, 6.07) is 0.414. The minimum Gasteiger partial charge on any atom is -0.381 e. The molecule has 0 aliphatic carbocycles. The number of likely N-dealkylation sites (tertiary alicyclic amines) is 1. The van der Waals surface area contributed by atoms with Gasteiger partial charge < -0.3 is 19.7 Å². The first-order valence-corrected chi connectivity index (χ1v) is 8.49. The molecule has 21 heavy (non-hydrogen) atoms. The van der Waals surface area contributed by atoms with Crippen LogP contribution in [-0.2, 0) is 9.47 Å². The van der Waals surface area contributed by atoms with Gasteiger partial charge in [0.15, 0.2) is 0 Å². The molecule has 0 spiro atoms. The highest BCUT2D eigenvalue weighted by atomic mass is 16.5. The van der Waals surface area contributed by atoms with Gasteiger partial charge in [0.1, 0.15) is 0 Å². The standard InChI is InChI=1S/C17H34N2O2/c1-7-18-15-14(16(2,3)21-17(15,4)5)12-19-10-8-13(20-6)9-11-19/h13-15,18H,7-12H2,1-6H3. The molecule has 2 fully saturated rings. The Morgan fingerprint density at radius 1 is 1.14 bits per heavy atom. The van der Waals surface area contributed by atoms with E-state index >= 15 is 0 Å². The molecule has 4 heteroatoms. The molecule has 2 saturated heterocycles. The van der Waals surface area contributed by atoms with E-state index in [4.69, 9.17) is 9.47 Å². The Labute approximate surface area is 130 Å². The number of rotatable bonds is 5. The van der Waals surface area contributed by atoms with Crippen LogP contribution in [0.2, 0.25) is 0 Å². The Morgan fingerprint density at radius 2 is 1.76 bits per heavy atom. The molecule has 0 bridgehead atoms. The number of methoxy groups -OCH3 is 1. The SMILES string of the molecule is CCNC1C(CN2CCC(OC)CC2)C(C)(C)OC1(C)C. The fourth-order valence-electron chi connectivity index (χ4n) is 4.24. The molecule has 1 N–H and O–H groups in total. The van der Waals surface area contributed by atoms with Crippen molar-refractivity contribution in [3.8, 4) is 0 Å². The molecule has 4 nitrogen and oxygen atoms in total. The molecule has 2 aliphatic rings. The molecular formula is C17H34N2O2. The van der Waals surface area contributed by atoms with Gasteiger partial charge in [0.2, 0.25) is 0 Å². The number of ether oxygens (including phenoxy) is 2. The molecular weight excluding hydrogens is 264 g/mol. The predicted molar refractivity (Wildman–Crippen MR) is 86.7 cm³/mol. The Balaban J connectivity index is 2.02. The maximum absolute atomic E-state index is 6.38. The van der Waals surface area contributed by atoms with E-state index in [0.717, 1.165) is 39.0 Å². The number of nitrogens with zero attached hydrogens (tertiary/aromatic N) is 1. The molecule has 0 radical (unpaired) electrons. The topological polar surface area (TPSA) is 33.7 Å². The summed E-state index contributed by atoms with van der Waals surface area (Å²) in [6.45, 7) is 15.5. The van der Waals surface area contributed by atoms with Gasteiger partial charge in [-0.05, 0) is 47.1 Å². The average molecular weight is 298 g/mol. The van der Waals surface area contributed by atoms with E-state index in [-0.39, 0.29) is 11.2 Å². The fourth-order valence-corrected chi connectivity index (χ4v) is 4.24. The first kappa shape index (κ1) is 17.2. The van der Waals surface area contributed by atoms with Crippen molar-refractivity contribution in [2.45, 2.75) is 70.8 Å². The highest BCUT2D eigenvalue weighted by Crippen LogP contribution is 2.42. The third-order valence-electron chi connectivity index (χ3n) is 5.32. The lowest BCUT2D eigenvalue weighted by Crippen LogP contribution is -2.52. The van der Waals surface area contributed by atoms with Crippen LogP contribution in [-0.4, -0.2) is 61.5 Å². The smallest absolute Gasteiger partial charge is 0.0790 e. The van der Waals surface area contributed by atoms with Gasteiger partial charge in [0, 0.05) is 38.7 Å². The van der Waals surface area contributed by atoms with Crippen LogP contribution in [0.25, 0.3) is 0 Å². The summed E-state index contributed by atoms with van der Waals surface area (Å²) in [7, 11) is 1.83. The number of piperidine rings is 1. The molecule has 2 atom stereocenters. The Morgan fingerprint density at radius 3 is 2.29 bits per heavy atom. The van der Waals surface area contributed by atoms with Crippen LogP contribution in [0.5, 0.6) is 0 Å². The van der Waals surface area contributed by atoms with Gasteiger partial charge in [-0.3, -0.25) is 0 Å². The zero-order valence-electron chi connectivity index (χ0n) is 14.7. The molecule has 0 amide bonds. The number of hydrogen-bond donors (Lipinski definition) is 1. The summed E-state index contributed by atoms with van der Waals surface area (Å²) >= 11 is 0. The van der Waals surface area contributed by atoms with Crippen molar-refractivity contribution in [3.63, 3.8) is 0 Å². The van der Waals surface area contributed by atoms with Crippen molar-refractivity contribution < 1.29 is 9.47 Å². The van der Waals surface area contributed by atoms with Gasteiger partial charge in [0.05, 0.1) is 17.3 Å². The van der Waals surface area contributed by atoms with Crippen LogP contribution in [0.1, 0.15) is 47.5 Å². The van der Waals surface area contributed by atoms with E-state index in [9.17, 15) is 0 Å². The van der Waals surface area contributed by atoms with E-state index in [1.54, 1.807) is 0 Å². The Kier molecular flexibility index (Phi) is 5.35. The minimum absolute atomic E-state index is 0.0750. The molecule has 0 aromatic rings. The van der Waals surface area contributed by atoms with E-state index in [1.165, 1.54) is 0 Å². The third kappa shape index (κ3) is 3.79. The summed E-state index contributed by atoms with van der Waals surface area (Å²) in [5.74, 6) is 0.520. The van der Waals surface area contributed by atoms with Crippen LogP contribution >= 0.6 is 0 Å². The quantitative estimate of drug-likeness (QED) is 0.844.